The van der Waals surface area contributed by atoms with E-state index in [0.717, 1.165) is 24.2 Å². The van der Waals surface area contributed by atoms with E-state index in [9.17, 15) is 0 Å². The van der Waals surface area contributed by atoms with Gasteiger partial charge in [0.2, 0.25) is 0 Å². The normalized spacial score (nSPS) is 13.5. The number of hydrogen-bond acceptors (Lipinski definition) is 2. The predicted octanol–water partition coefficient (Wildman–Crippen LogP) is 10.5. The van der Waals surface area contributed by atoms with Crippen molar-refractivity contribution in [1.82, 2.24) is 4.98 Å². The van der Waals surface area contributed by atoms with E-state index in [1.165, 1.54) is 64.4 Å². The molecule has 2 heterocycles. The molecule has 2 heteroatoms. The summed E-state index contributed by atoms with van der Waals surface area (Å²) in [7, 11) is 0. The summed E-state index contributed by atoms with van der Waals surface area (Å²) in [5.74, 6) is 0. The van der Waals surface area contributed by atoms with Gasteiger partial charge in [0.1, 0.15) is 0 Å². The van der Waals surface area contributed by atoms with Gasteiger partial charge in [0.15, 0.2) is 0 Å². The second kappa shape index (κ2) is 8.33. The van der Waals surface area contributed by atoms with Crippen LogP contribution in [-0.2, 0) is 12.8 Å². The van der Waals surface area contributed by atoms with E-state index in [4.69, 9.17) is 4.98 Å². The van der Waals surface area contributed by atoms with E-state index in [-0.39, 0.29) is 10.8 Å². The first-order chi connectivity index (χ1) is 17.4. The molecule has 0 radical (unpaired) electrons. The van der Waals surface area contributed by atoms with Crippen LogP contribution in [0.25, 0.3) is 43.6 Å². The number of hydrogen-bond donors (Lipinski definition) is 0. The molecule has 0 fully saturated rings. The van der Waals surface area contributed by atoms with Crippen molar-refractivity contribution < 1.29 is 0 Å². The molecular formula is C35H37NS. The Kier molecular flexibility index (Phi) is 5.52. The maximum absolute atomic E-state index is 5.19. The Bertz CT molecular complexity index is 1730. The summed E-state index contributed by atoms with van der Waals surface area (Å²) in [6.07, 6.45) is 2.12. The number of aryl methyl sites for hydroxylation is 2. The van der Waals surface area contributed by atoms with Crippen molar-refractivity contribution in [3.05, 3.63) is 77.0 Å². The quantitative estimate of drug-likeness (QED) is 0.218. The number of fused-ring (bicyclic) bond motifs is 5. The minimum absolute atomic E-state index is 0.188. The maximum atomic E-state index is 5.19. The maximum Gasteiger partial charge on any atom is 0.0806 e. The highest BCUT2D eigenvalue weighted by Gasteiger charge is 2.28. The van der Waals surface area contributed by atoms with E-state index in [0.29, 0.717) is 0 Å². The number of nitrogens with zero attached hydrogens (tertiary/aromatic N) is 1. The van der Waals surface area contributed by atoms with Crippen LogP contribution in [0.2, 0.25) is 0 Å². The second-order valence-corrected chi connectivity index (χ2v) is 14.6. The highest BCUT2D eigenvalue weighted by Crippen LogP contribution is 2.52. The van der Waals surface area contributed by atoms with Crippen LogP contribution in [0.15, 0.2) is 64.4 Å². The van der Waals surface area contributed by atoms with Crippen LogP contribution in [0.4, 0.5) is 0 Å². The van der Waals surface area contributed by atoms with E-state index in [1.807, 2.05) is 11.8 Å². The minimum atomic E-state index is 0.188. The standard InChI is InChI=1S/C35H37NS/c1-20-9-11-23-16-28-32-31-27(14-21(2)36-32)25-12-10-22(18-34(3,4)5)15-24(25)17-30(31)37-33(28)29(26(23)13-20)19-35(6,7)8/h9-17H,18-19H2,1-8H3. The van der Waals surface area contributed by atoms with E-state index in [2.05, 4.69) is 110 Å². The third-order valence-electron chi connectivity index (χ3n) is 7.35. The molecule has 1 aromatic heterocycles. The van der Waals surface area contributed by atoms with Crippen LogP contribution in [-0.4, -0.2) is 4.98 Å². The van der Waals surface area contributed by atoms with Gasteiger partial charge >= 0.3 is 0 Å². The van der Waals surface area contributed by atoms with Gasteiger partial charge in [-0.2, -0.15) is 0 Å². The summed E-state index contributed by atoms with van der Waals surface area (Å²) in [4.78, 5) is 7.93. The summed E-state index contributed by atoms with van der Waals surface area (Å²) in [6, 6.07) is 21.1. The zero-order valence-corrected chi connectivity index (χ0v) is 24.3. The van der Waals surface area contributed by atoms with Crippen LogP contribution < -0.4 is 0 Å². The van der Waals surface area contributed by atoms with E-state index in [1.54, 1.807) is 0 Å². The minimum Gasteiger partial charge on any atom is -0.252 e. The van der Waals surface area contributed by atoms with Gasteiger partial charge in [0.05, 0.1) is 5.69 Å². The van der Waals surface area contributed by atoms with Crippen molar-refractivity contribution in [2.75, 3.05) is 0 Å². The van der Waals surface area contributed by atoms with Crippen LogP contribution >= 0.6 is 11.8 Å². The van der Waals surface area contributed by atoms with E-state index >= 15 is 0 Å². The Balaban J connectivity index is 1.68. The van der Waals surface area contributed by atoms with Gasteiger partial charge < -0.3 is 0 Å². The van der Waals surface area contributed by atoms with Gasteiger partial charge in [-0.05, 0) is 93.8 Å². The summed E-state index contributed by atoms with van der Waals surface area (Å²) in [5, 5.41) is 8.02. The Hall–Kier alpha value is -2.84. The lowest BCUT2D eigenvalue weighted by atomic mass is 9.84. The van der Waals surface area contributed by atoms with Crippen molar-refractivity contribution in [1.29, 1.82) is 0 Å². The molecule has 1 aliphatic rings. The molecule has 0 unspecified atom stereocenters. The van der Waals surface area contributed by atoms with Crippen LogP contribution in [0.3, 0.4) is 0 Å². The average Bonchev–Trinajstić information content (AvgIpc) is 2.77. The van der Waals surface area contributed by atoms with Crippen LogP contribution in [0, 0.1) is 24.7 Å². The molecule has 0 spiro atoms. The molecule has 6 rings (SSSR count). The average molecular weight is 504 g/mol. The lowest BCUT2D eigenvalue weighted by molar-refractivity contribution is 0.410. The Morgan fingerprint density at radius 2 is 1.46 bits per heavy atom. The highest BCUT2D eigenvalue weighted by atomic mass is 32.2. The summed E-state index contributed by atoms with van der Waals surface area (Å²) in [5.41, 5.74) is 8.18. The van der Waals surface area contributed by atoms with Gasteiger partial charge in [-0.1, -0.05) is 95.3 Å². The Morgan fingerprint density at radius 1 is 0.703 bits per heavy atom. The first-order valence-corrected chi connectivity index (χ1v) is 14.3. The SMILES string of the molecule is Cc1ccc2cc3c(c(CC(C)(C)C)c2c1)Sc1cc2cc(CC(C)(C)C)ccc2c2cc(C)nc-3c12. The van der Waals surface area contributed by atoms with Crippen LogP contribution in [0.1, 0.15) is 63.9 Å². The highest BCUT2D eigenvalue weighted by molar-refractivity contribution is 8.00. The molecule has 0 saturated heterocycles. The second-order valence-electron chi connectivity index (χ2n) is 13.5. The van der Waals surface area contributed by atoms with Gasteiger partial charge in [-0.25, -0.2) is 0 Å². The van der Waals surface area contributed by atoms with Gasteiger partial charge in [0, 0.05) is 26.4 Å². The molecule has 1 nitrogen and oxygen atoms in total. The molecule has 0 bridgehead atoms. The third-order valence-corrected chi connectivity index (χ3v) is 8.56. The first kappa shape index (κ1) is 24.5. The molecular weight excluding hydrogens is 466 g/mol. The summed E-state index contributed by atoms with van der Waals surface area (Å²) < 4.78 is 0. The molecule has 5 aromatic rings. The number of aromatic nitrogens is 1. The molecule has 0 amide bonds. The van der Waals surface area contributed by atoms with Crippen molar-refractivity contribution >= 4 is 44.1 Å². The topological polar surface area (TPSA) is 12.9 Å². The summed E-state index contributed by atoms with van der Waals surface area (Å²) >= 11 is 1.96. The van der Waals surface area contributed by atoms with Crippen LogP contribution in [0.5, 0.6) is 0 Å². The lowest BCUT2D eigenvalue weighted by Gasteiger charge is -2.28. The molecule has 1 aliphatic heterocycles. The fourth-order valence-corrected chi connectivity index (χ4v) is 7.28. The molecule has 4 aromatic carbocycles. The number of rotatable bonds is 2. The Morgan fingerprint density at radius 3 is 2.19 bits per heavy atom. The largest absolute Gasteiger partial charge is 0.252 e. The predicted molar refractivity (Wildman–Crippen MR) is 162 cm³/mol. The number of benzene rings is 4. The van der Waals surface area contributed by atoms with Crippen molar-refractivity contribution in [3.8, 4) is 11.3 Å². The molecule has 0 atom stereocenters. The van der Waals surface area contributed by atoms with Gasteiger partial charge in [0.25, 0.3) is 0 Å². The molecule has 188 valence electrons. The van der Waals surface area contributed by atoms with Crippen molar-refractivity contribution in [2.24, 2.45) is 10.8 Å². The van der Waals surface area contributed by atoms with E-state index < -0.39 is 0 Å². The van der Waals surface area contributed by atoms with Gasteiger partial charge in [-0.3, -0.25) is 4.98 Å². The third kappa shape index (κ3) is 4.44. The number of pyridine rings is 1. The monoisotopic (exact) mass is 503 g/mol. The van der Waals surface area contributed by atoms with Crippen molar-refractivity contribution in [3.63, 3.8) is 0 Å². The smallest absolute Gasteiger partial charge is 0.0806 e. The fourth-order valence-electron chi connectivity index (χ4n) is 5.99. The first-order valence-electron chi connectivity index (χ1n) is 13.5. The molecule has 37 heavy (non-hydrogen) atoms. The lowest BCUT2D eigenvalue weighted by Crippen LogP contribution is -2.12. The molecule has 0 N–H and O–H groups in total. The fraction of sp³-hybridized carbons (Fsp3) is 0.343. The van der Waals surface area contributed by atoms with Crippen molar-refractivity contribution in [2.45, 2.75) is 78.0 Å². The summed E-state index contributed by atoms with van der Waals surface area (Å²) in [6.45, 7) is 18.3. The zero-order chi connectivity index (χ0) is 26.3. The Labute approximate surface area is 225 Å². The zero-order valence-electron chi connectivity index (χ0n) is 23.5. The van der Waals surface area contributed by atoms with Gasteiger partial charge in [-0.15, -0.1) is 0 Å². The molecule has 0 saturated carbocycles. The molecule has 0 aliphatic carbocycles.